The van der Waals surface area contributed by atoms with Crippen molar-refractivity contribution in [2.24, 2.45) is 0 Å². The molecule has 1 aromatic carbocycles. The summed E-state index contributed by atoms with van der Waals surface area (Å²) in [4.78, 5) is 0. The zero-order chi connectivity index (χ0) is 13.7. The number of hydrogen-bond acceptors (Lipinski definition) is 3. The number of halogens is 2. The molecule has 102 valence electrons. The monoisotopic (exact) mass is 391 g/mol. The Kier molecular flexibility index (Phi) is 5.62. The number of benzene rings is 1. The van der Waals surface area contributed by atoms with Crippen LogP contribution in [0.2, 0.25) is 5.02 Å². The second-order valence-electron chi connectivity index (χ2n) is 4.01. The van der Waals surface area contributed by atoms with E-state index >= 15 is 0 Å². The minimum atomic E-state index is 0.680. The van der Waals surface area contributed by atoms with Crippen LogP contribution < -0.4 is 5.32 Å². The molecule has 2 aromatic rings. The maximum atomic E-state index is 6.28. The van der Waals surface area contributed by atoms with Crippen molar-refractivity contribution in [3.63, 3.8) is 0 Å². The van der Waals surface area contributed by atoms with Crippen LogP contribution in [0.1, 0.15) is 5.56 Å². The molecular weight excluding hydrogens is 377 g/mol. The predicted molar refractivity (Wildman–Crippen MR) is 84.9 cm³/mol. The molecule has 0 saturated heterocycles. The van der Waals surface area contributed by atoms with Gasteiger partial charge in [-0.15, -0.1) is 0 Å². The fourth-order valence-electron chi connectivity index (χ4n) is 1.76. The highest BCUT2D eigenvalue weighted by atomic mass is 127. The quantitative estimate of drug-likeness (QED) is 0.608. The number of ether oxygens (including phenoxy) is 1. The summed E-state index contributed by atoms with van der Waals surface area (Å²) in [5.41, 5.74) is 2.04. The van der Waals surface area contributed by atoms with Gasteiger partial charge >= 0.3 is 0 Å². The van der Waals surface area contributed by atoms with Gasteiger partial charge in [0.05, 0.1) is 22.1 Å². The third kappa shape index (κ3) is 3.92. The zero-order valence-corrected chi connectivity index (χ0v) is 13.5. The van der Waals surface area contributed by atoms with E-state index < -0.39 is 0 Å². The van der Waals surface area contributed by atoms with E-state index in [2.05, 4.69) is 33.0 Å². The zero-order valence-electron chi connectivity index (χ0n) is 10.6. The summed E-state index contributed by atoms with van der Waals surface area (Å²) >= 11 is 8.52. The van der Waals surface area contributed by atoms with Gasteiger partial charge in [-0.1, -0.05) is 17.7 Å². The summed E-state index contributed by atoms with van der Waals surface area (Å²) < 4.78 is 7.96. The summed E-state index contributed by atoms with van der Waals surface area (Å²) in [6, 6.07) is 5.85. The molecule has 0 radical (unpaired) electrons. The molecule has 6 heteroatoms. The Morgan fingerprint density at radius 3 is 3.00 bits per heavy atom. The highest BCUT2D eigenvalue weighted by molar-refractivity contribution is 14.1. The Balaban J connectivity index is 2.21. The topological polar surface area (TPSA) is 39.1 Å². The first-order valence-electron chi connectivity index (χ1n) is 5.90. The smallest absolute Gasteiger partial charge is 0.0705 e. The lowest BCUT2D eigenvalue weighted by molar-refractivity contribution is 0.199. The van der Waals surface area contributed by atoms with Crippen molar-refractivity contribution < 1.29 is 4.74 Å². The Hall–Kier alpha value is -0.630. The van der Waals surface area contributed by atoms with Crippen LogP contribution in [-0.4, -0.2) is 30.0 Å². The number of rotatable bonds is 6. The van der Waals surface area contributed by atoms with Gasteiger partial charge in [-0.3, -0.25) is 0 Å². The van der Waals surface area contributed by atoms with Crippen molar-refractivity contribution in [2.75, 3.05) is 20.3 Å². The van der Waals surface area contributed by atoms with Crippen LogP contribution in [0.25, 0.3) is 5.69 Å². The second kappa shape index (κ2) is 7.23. The van der Waals surface area contributed by atoms with Crippen molar-refractivity contribution in [1.29, 1.82) is 0 Å². The summed E-state index contributed by atoms with van der Waals surface area (Å²) in [6.07, 6.45) is 3.80. The first-order valence-corrected chi connectivity index (χ1v) is 7.35. The molecule has 1 N–H and O–H groups in total. The second-order valence-corrected chi connectivity index (χ2v) is 5.66. The van der Waals surface area contributed by atoms with Gasteiger partial charge in [0.15, 0.2) is 0 Å². The Morgan fingerprint density at radius 1 is 1.47 bits per heavy atom. The molecule has 19 heavy (non-hydrogen) atoms. The van der Waals surface area contributed by atoms with Crippen LogP contribution in [0, 0.1) is 3.57 Å². The van der Waals surface area contributed by atoms with E-state index in [1.165, 1.54) is 0 Å². The van der Waals surface area contributed by atoms with Crippen LogP contribution in [0.15, 0.2) is 30.6 Å². The van der Waals surface area contributed by atoms with Crippen molar-refractivity contribution in [2.45, 2.75) is 6.54 Å². The molecule has 0 fully saturated rings. The van der Waals surface area contributed by atoms with Gasteiger partial charge < -0.3 is 10.1 Å². The molecule has 0 aliphatic carbocycles. The third-order valence-electron chi connectivity index (χ3n) is 2.68. The van der Waals surface area contributed by atoms with E-state index in [-0.39, 0.29) is 0 Å². The summed E-state index contributed by atoms with van der Waals surface area (Å²) in [5, 5.41) is 8.38. The molecule has 0 atom stereocenters. The Morgan fingerprint density at radius 2 is 2.32 bits per heavy atom. The van der Waals surface area contributed by atoms with Gasteiger partial charge in [0.25, 0.3) is 0 Å². The first-order chi connectivity index (χ1) is 9.22. The van der Waals surface area contributed by atoms with E-state index in [4.69, 9.17) is 16.3 Å². The minimum Gasteiger partial charge on any atom is -0.383 e. The van der Waals surface area contributed by atoms with E-state index in [1.807, 2.05) is 35.3 Å². The highest BCUT2D eigenvalue weighted by Crippen LogP contribution is 2.23. The van der Waals surface area contributed by atoms with E-state index in [0.717, 1.165) is 26.4 Å². The fraction of sp³-hybridized carbons (Fsp3) is 0.308. The lowest BCUT2D eigenvalue weighted by Crippen LogP contribution is -2.20. The van der Waals surface area contributed by atoms with Gasteiger partial charge in [0, 0.05) is 37.0 Å². The van der Waals surface area contributed by atoms with Crippen molar-refractivity contribution in [3.8, 4) is 5.69 Å². The molecular formula is C13H15ClIN3O. The number of methoxy groups -OCH3 is 1. The predicted octanol–water partition coefficient (Wildman–Crippen LogP) is 2.87. The molecule has 0 amide bonds. The maximum Gasteiger partial charge on any atom is 0.0705 e. The molecule has 0 aliphatic rings. The number of nitrogens with one attached hydrogen (secondary N) is 1. The maximum absolute atomic E-state index is 6.28. The molecule has 1 heterocycles. The number of hydrogen-bond donors (Lipinski definition) is 1. The molecule has 0 saturated carbocycles. The molecule has 0 bridgehead atoms. The van der Waals surface area contributed by atoms with Crippen LogP contribution in [-0.2, 0) is 11.3 Å². The highest BCUT2D eigenvalue weighted by Gasteiger charge is 2.09. The van der Waals surface area contributed by atoms with E-state index in [9.17, 15) is 0 Å². The van der Waals surface area contributed by atoms with Crippen molar-refractivity contribution in [1.82, 2.24) is 15.1 Å². The lowest BCUT2D eigenvalue weighted by Gasteiger charge is -2.12. The summed E-state index contributed by atoms with van der Waals surface area (Å²) in [6.45, 7) is 2.16. The molecule has 1 aromatic heterocycles. The SMILES string of the molecule is COCCNCc1c(Cl)cccc1-n1cc(I)cn1. The van der Waals surface area contributed by atoms with Gasteiger partial charge in [-0.25, -0.2) is 4.68 Å². The summed E-state index contributed by atoms with van der Waals surface area (Å²) in [7, 11) is 1.69. The van der Waals surface area contributed by atoms with Gasteiger partial charge in [0.1, 0.15) is 0 Å². The third-order valence-corrected chi connectivity index (χ3v) is 3.59. The molecule has 0 aliphatic heterocycles. The Bertz CT molecular complexity index is 544. The Labute approximate surface area is 131 Å². The number of aromatic nitrogens is 2. The standard InChI is InChI=1S/C13H15ClIN3O/c1-19-6-5-16-8-11-12(14)3-2-4-13(11)18-9-10(15)7-17-18/h2-4,7,9,16H,5-6,8H2,1H3. The average molecular weight is 392 g/mol. The van der Waals surface area contributed by atoms with E-state index in [1.54, 1.807) is 7.11 Å². The van der Waals surface area contributed by atoms with Crippen molar-refractivity contribution >= 4 is 34.2 Å². The van der Waals surface area contributed by atoms with Gasteiger partial charge in [-0.2, -0.15) is 5.10 Å². The van der Waals surface area contributed by atoms with Gasteiger partial charge in [0.2, 0.25) is 0 Å². The fourth-order valence-corrected chi connectivity index (χ4v) is 2.38. The average Bonchev–Trinajstić information content (AvgIpc) is 2.82. The van der Waals surface area contributed by atoms with E-state index in [0.29, 0.717) is 13.2 Å². The first kappa shape index (κ1) is 14.8. The normalized spacial score (nSPS) is 10.9. The van der Waals surface area contributed by atoms with Gasteiger partial charge in [-0.05, 0) is 34.7 Å². The summed E-state index contributed by atoms with van der Waals surface area (Å²) in [5.74, 6) is 0. The van der Waals surface area contributed by atoms with Crippen LogP contribution in [0.5, 0.6) is 0 Å². The minimum absolute atomic E-state index is 0.680. The lowest BCUT2D eigenvalue weighted by atomic mass is 10.1. The van der Waals surface area contributed by atoms with Crippen LogP contribution in [0.4, 0.5) is 0 Å². The molecule has 2 rings (SSSR count). The van der Waals surface area contributed by atoms with Crippen molar-refractivity contribution in [3.05, 3.63) is 44.7 Å². The van der Waals surface area contributed by atoms with Crippen LogP contribution >= 0.6 is 34.2 Å². The largest absolute Gasteiger partial charge is 0.383 e. The molecule has 4 nitrogen and oxygen atoms in total. The molecule has 0 spiro atoms. The van der Waals surface area contributed by atoms with Crippen LogP contribution in [0.3, 0.4) is 0 Å². The molecule has 0 unspecified atom stereocenters. The number of nitrogens with zero attached hydrogens (tertiary/aromatic N) is 2.